The van der Waals surface area contributed by atoms with Crippen LogP contribution >= 0.6 is 0 Å². The van der Waals surface area contributed by atoms with E-state index in [4.69, 9.17) is 18.6 Å². The van der Waals surface area contributed by atoms with Gasteiger partial charge in [-0.1, -0.05) is 81.4 Å². The molecule has 1 aliphatic carbocycles. The Labute approximate surface area is 216 Å². The van der Waals surface area contributed by atoms with Gasteiger partial charge in [-0.15, -0.1) is 0 Å². The Morgan fingerprint density at radius 1 is 0.806 bits per heavy atom. The maximum absolute atomic E-state index is 11.4. The van der Waals surface area contributed by atoms with Gasteiger partial charge in [0.05, 0.1) is 27.4 Å². The van der Waals surface area contributed by atoms with Crippen molar-refractivity contribution in [3.05, 3.63) is 77.9 Å². The third-order valence-corrected chi connectivity index (χ3v) is 12.4. The van der Waals surface area contributed by atoms with Gasteiger partial charge in [0.1, 0.15) is 0 Å². The van der Waals surface area contributed by atoms with E-state index in [0.29, 0.717) is 30.1 Å². The molecule has 4 rings (SSSR count). The van der Waals surface area contributed by atoms with Crippen molar-refractivity contribution in [3.8, 4) is 17.2 Å². The van der Waals surface area contributed by atoms with E-state index in [-0.39, 0.29) is 11.1 Å². The number of ether oxygens (including phenoxy) is 3. The molecular weight excluding hydrogens is 468 g/mol. The molecule has 2 atom stereocenters. The average molecular weight is 507 g/mol. The van der Waals surface area contributed by atoms with Gasteiger partial charge in [-0.25, -0.2) is 0 Å². The van der Waals surface area contributed by atoms with Crippen molar-refractivity contribution in [2.24, 2.45) is 0 Å². The van der Waals surface area contributed by atoms with E-state index in [2.05, 4.69) is 81.4 Å². The first-order valence-electron chi connectivity index (χ1n) is 12.6. The summed E-state index contributed by atoms with van der Waals surface area (Å²) in [5.74, 6) is 1.73. The highest BCUT2D eigenvalue weighted by atomic mass is 28.4. The van der Waals surface area contributed by atoms with Crippen LogP contribution in [-0.4, -0.2) is 40.9 Å². The summed E-state index contributed by atoms with van der Waals surface area (Å²) in [5.41, 5.74) is 1.77. The molecule has 0 heterocycles. The van der Waals surface area contributed by atoms with E-state index in [9.17, 15) is 5.11 Å². The number of aliphatic hydroxyl groups is 1. The van der Waals surface area contributed by atoms with Crippen LogP contribution in [0.5, 0.6) is 17.2 Å². The Hall–Kier alpha value is -2.80. The molecule has 0 amide bonds. The van der Waals surface area contributed by atoms with E-state index in [1.54, 1.807) is 21.3 Å². The first kappa shape index (κ1) is 26.3. The van der Waals surface area contributed by atoms with Gasteiger partial charge in [0.25, 0.3) is 8.32 Å². The zero-order valence-electron chi connectivity index (χ0n) is 22.2. The van der Waals surface area contributed by atoms with Crippen molar-refractivity contribution >= 4 is 18.7 Å². The van der Waals surface area contributed by atoms with Gasteiger partial charge < -0.3 is 23.7 Å². The van der Waals surface area contributed by atoms with E-state index >= 15 is 0 Å². The summed E-state index contributed by atoms with van der Waals surface area (Å²) in [6.45, 7) is 6.83. The second-order valence-corrected chi connectivity index (χ2v) is 14.7. The van der Waals surface area contributed by atoms with Gasteiger partial charge in [0.15, 0.2) is 11.5 Å². The van der Waals surface area contributed by atoms with Crippen LogP contribution in [0, 0.1) is 0 Å². The molecule has 6 heteroatoms. The molecule has 192 valence electrons. The zero-order chi connectivity index (χ0) is 25.9. The number of methoxy groups -OCH3 is 3. The molecule has 0 aliphatic heterocycles. The third-order valence-electron chi connectivity index (χ3n) is 7.29. The van der Waals surface area contributed by atoms with Crippen LogP contribution in [0.4, 0.5) is 0 Å². The second kappa shape index (κ2) is 10.7. The normalized spacial score (nSPS) is 18.2. The summed E-state index contributed by atoms with van der Waals surface area (Å²) in [6, 6.07) is 23.2. The van der Waals surface area contributed by atoms with Crippen molar-refractivity contribution < 1.29 is 23.7 Å². The molecule has 5 nitrogen and oxygen atoms in total. The summed E-state index contributed by atoms with van der Waals surface area (Å²) in [6.07, 6.45) is 1.12. The number of fused-ring (bicyclic) bond motifs is 1. The molecule has 0 spiro atoms. The number of aliphatic hydroxyl groups excluding tert-OH is 1. The van der Waals surface area contributed by atoms with Gasteiger partial charge in [-0.3, -0.25) is 0 Å². The summed E-state index contributed by atoms with van der Waals surface area (Å²) in [5, 5.41) is 13.8. The fourth-order valence-corrected chi connectivity index (χ4v) is 10.4. The van der Waals surface area contributed by atoms with Gasteiger partial charge in [0.2, 0.25) is 5.75 Å². The number of benzene rings is 3. The molecule has 0 saturated heterocycles. The quantitative estimate of drug-likeness (QED) is 0.360. The molecule has 0 bridgehead atoms. The van der Waals surface area contributed by atoms with E-state index in [1.165, 1.54) is 10.4 Å². The molecule has 3 aromatic carbocycles. The van der Waals surface area contributed by atoms with Crippen LogP contribution in [0.2, 0.25) is 5.04 Å². The van der Waals surface area contributed by atoms with Crippen molar-refractivity contribution in [1.82, 2.24) is 0 Å². The topological polar surface area (TPSA) is 57.2 Å². The van der Waals surface area contributed by atoms with Crippen LogP contribution in [0.1, 0.15) is 50.8 Å². The molecule has 1 aliphatic rings. The van der Waals surface area contributed by atoms with Crippen LogP contribution in [0.15, 0.2) is 66.7 Å². The molecule has 0 saturated carbocycles. The summed E-state index contributed by atoms with van der Waals surface area (Å²) < 4.78 is 24.3. The Morgan fingerprint density at radius 2 is 1.36 bits per heavy atom. The highest BCUT2D eigenvalue weighted by molar-refractivity contribution is 6.99. The Bertz CT molecular complexity index is 1120. The fourth-order valence-electron chi connectivity index (χ4n) is 5.64. The maximum Gasteiger partial charge on any atom is 0.261 e. The predicted octanol–water partition coefficient (Wildman–Crippen LogP) is 5.03. The van der Waals surface area contributed by atoms with Crippen LogP contribution in [-0.2, 0) is 10.8 Å². The monoisotopic (exact) mass is 506 g/mol. The SMILES string of the molecule is COc1cc2c(c(OC)c1OC)CC[C@H](O[Si](c1ccccc1)(c1ccccc1)C(C)(C)C)CC2O. The molecule has 1 unspecified atom stereocenters. The van der Waals surface area contributed by atoms with Gasteiger partial charge >= 0.3 is 0 Å². The minimum atomic E-state index is -2.74. The van der Waals surface area contributed by atoms with Gasteiger partial charge in [0, 0.05) is 18.1 Å². The van der Waals surface area contributed by atoms with Crippen LogP contribution in [0.3, 0.4) is 0 Å². The second-order valence-electron chi connectivity index (χ2n) is 10.4. The predicted molar refractivity (Wildman–Crippen MR) is 146 cm³/mol. The lowest BCUT2D eigenvalue weighted by atomic mass is 9.98. The standard InChI is InChI=1S/C30H38O5Si/c1-30(2,3)36(22-13-9-7-10-14-22,23-15-11-8-12-16-23)35-21-17-18-24-25(26(31)19-21)20-27(32-4)29(34-6)28(24)33-5/h7-16,20-21,26,31H,17-19H2,1-6H3/t21-,26?/m0/s1. The van der Waals surface area contributed by atoms with E-state index < -0.39 is 14.4 Å². The van der Waals surface area contributed by atoms with Crippen molar-refractivity contribution in [2.75, 3.05) is 21.3 Å². The number of hydrogen-bond donors (Lipinski definition) is 1. The third kappa shape index (κ3) is 4.65. The first-order chi connectivity index (χ1) is 17.3. The molecule has 3 aromatic rings. The lowest BCUT2D eigenvalue weighted by Gasteiger charge is -2.45. The van der Waals surface area contributed by atoms with Crippen molar-refractivity contribution in [2.45, 2.75) is 57.3 Å². The molecular formula is C30H38O5Si. The van der Waals surface area contributed by atoms with Crippen LogP contribution < -0.4 is 24.6 Å². The van der Waals surface area contributed by atoms with Gasteiger partial charge in [-0.2, -0.15) is 0 Å². The molecule has 36 heavy (non-hydrogen) atoms. The van der Waals surface area contributed by atoms with Crippen molar-refractivity contribution in [3.63, 3.8) is 0 Å². The number of rotatable bonds is 7. The minimum absolute atomic E-state index is 0.135. The Morgan fingerprint density at radius 3 is 1.83 bits per heavy atom. The largest absolute Gasteiger partial charge is 0.493 e. The molecule has 0 aromatic heterocycles. The smallest absolute Gasteiger partial charge is 0.261 e. The highest BCUT2D eigenvalue weighted by Crippen LogP contribution is 2.47. The zero-order valence-corrected chi connectivity index (χ0v) is 23.2. The Kier molecular flexibility index (Phi) is 7.78. The van der Waals surface area contributed by atoms with E-state index in [0.717, 1.165) is 17.5 Å². The fraction of sp³-hybridized carbons (Fsp3) is 0.400. The lowest BCUT2D eigenvalue weighted by Crippen LogP contribution is -2.67. The lowest BCUT2D eigenvalue weighted by molar-refractivity contribution is 0.0898. The summed E-state index contributed by atoms with van der Waals surface area (Å²) >= 11 is 0. The summed E-state index contributed by atoms with van der Waals surface area (Å²) in [4.78, 5) is 0. The highest BCUT2D eigenvalue weighted by Gasteiger charge is 2.51. The Balaban J connectivity index is 1.79. The molecule has 0 radical (unpaired) electrons. The molecule has 0 fully saturated rings. The maximum atomic E-state index is 11.4. The van der Waals surface area contributed by atoms with Gasteiger partial charge in [-0.05, 0) is 39.9 Å². The van der Waals surface area contributed by atoms with Crippen molar-refractivity contribution in [1.29, 1.82) is 0 Å². The van der Waals surface area contributed by atoms with E-state index in [1.807, 2.05) is 6.07 Å². The molecule has 1 N–H and O–H groups in total. The average Bonchev–Trinajstić information content (AvgIpc) is 3.04. The minimum Gasteiger partial charge on any atom is -0.493 e. The van der Waals surface area contributed by atoms with Crippen LogP contribution in [0.25, 0.3) is 0 Å². The summed E-state index contributed by atoms with van der Waals surface area (Å²) in [7, 11) is 2.09. The number of hydrogen-bond acceptors (Lipinski definition) is 5. The first-order valence-corrected chi connectivity index (χ1v) is 14.5.